The van der Waals surface area contributed by atoms with Crippen LogP contribution in [0.4, 0.5) is 0 Å². The molecule has 1 aromatic rings. The van der Waals surface area contributed by atoms with Crippen molar-refractivity contribution < 1.29 is 43.9 Å². The van der Waals surface area contributed by atoms with Crippen molar-refractivity contribution in [2.24, 2.45) is 0 Å². The van der Waals surface area contributed by atoms with Crippen LogP contribution in [-0.4, -0.2) is 65.1 Å². The third kappa shape index (κ3) is 7.22. The SMILES string of the molecule is CCCCCCC(=O)OC1C(O)C(C)OC(O)C1OC(=O)C=Cc1ccc(O)c(OC)c1. The quantitative estimate of drug-likeness (QED) is 0.278. The van der Waals surface area contributed by atoms with E-state index in [1.165, 1.54) is 32.2 Å². The molecule has 1 heterocycles. The van der Waals surface area contributed by atoms with E-state index in [1.54, 1.807) is 6.07 Å². The number of methoxy groups -OCH3 is 1. The normalized spacial score (nSPS) is 25.5. The Morgan fingerprint density at radius 3 is 2.56 bits per heavy atom. The van der Waals surface area contributed by atoms with Crippen LogP contribution in [0.2, 0.25) is 0 Å². The maximum atomic E-state index is 12.3. The molecule has 2 rings (SSSR count). The zero-order chi connectivity index (χ0) is 23.7. The topological polar surface area (TPSA) is 132 Å². The van der Waals surface area contributed by atoms with Crippen molar-refractivity contribution in [2.45, 2.75) is 76.7 Å². The van der Waals surface area contributed by atoms with Crippen molar-refractivity contribution in [3.8, 4) is 11.5 Å². The highest BCUT2D eigenvalue weighted by molar-refractivity contribution is 5.87. The zero-order valence-electron chi connectivity index (χ0n) is 18.6. The first-order valence-corrected chi connectivity index (χ1v) is 10.7. The summed E-state index contributed by atoms with van der Waals surface area (Å²) >= 11 is 0. The van der Waals surface area contributed by atoms with Gasteiger partial charge in [0.2, 0.25) is 0 Å². The van der Waals surface area contributed by atoms with Crippen molar-refractivity contribution in [2.75, 3.05) is 7.11 Å². The molecule has 0 radical (unpaired) electrons. The van der Waals surface area contributed by atoms with Gasteiger partial charge in [-0.2, -0.15) is 0 Å². The Morgan fingerprint density at radius 2 is 1.88 bits per heavy atom. The minimum Gasteiger partial charge on any atom is -0.504 e. The largest absolute Gasteiger partial charge is 0.504 e. The molecule has 1 fully saturated rings. The molecule has 0 aromatic heterocycles. The molecule has 178 valence electrons. The number of hydrogen-bond donors (Lipinski definition) is 3. The van der Waals surface area contributed by atoms with Gasteiger partial charge in [0.05, 0.1) is 13.2 Å². The lowest BCUT2D eigenvalue weighted by Gasteiger charge is -2.40. The van der Waals surface area contributed by atoms with E-state index in [1.807, 2.05) is 0 Å². The lowest BCUT2D eigenvalue weighted by Crippen LogP contribution is -2.59. The second kappa shape index (κ2) is 12.4. The van der Waals surface area contributed by atoms with Crippen LogP contribution >= 0.6 is 0 Å². The average Bonchev–Trinajstić information content (AvgIpc) is 2.76. The number of aromatic hydroxyl groups is 1. The summed E-state index contributed by atoms with van der Waals surface area (Å²) in [5.74, 6) is -1.19. The highest BCUT2D eigenvalue weighted by Crippen LogP contribution is 2.28. The maximum absolute atomic E-state index is 12.3. The number of phenols is 1. The molecule has 1 aliphatic rings. The predicted molar refractivity (Wildman–Crippen MR) is 115 cm³/mol. The van der Waals surface area contributed by atoms with Gasteiger partial charge in [-0.25, -0.2) is 4.79 Å². The number of rotatable bonds is 10. The van der Waals surface area contributed by atoms with Gasteiger partial charge in [-0.05, 0) is 37.1 Å². The van der Waals surface area contributed by atoms with Crippen molar-refractivity contribution in [1.82, 2.24) is 0 Å². The minimum absolute atomic E-state index is 0.0443. The van der Waals surface area contributed by atoms with Crippen LogP contribution in [0, 0.1) is 0 Å². The molecule has 0 saturated carbocycles. The van der Waals surface area contributed by atoms with Gasteiger partial charge in [-0.3, -0.25) is 4.79 Å². The van der Waals surface area contributed by atoms with Gasteiger partial charge in [0.25, 0.3) is 0 Å². The summed E-state index contributed by atoms with van der Waals surface area (Å²) in [7, 11) is 1.40. The third-order valence-corrected chi connectivity index (χ3v) is 5.15. The number of ether oxygens (including phenoxy) is 4. The first kappa shape index (κ1) is 25.6. The molecule has 0 aliphatic carbocycles. The fourth-order valence-electron chi connectivity index (χ4n) is 3.31. The summed E-state index contributed by atoms with van der Waals surface area (Å²) in [5.41, 5.74) is 0.556. The Bertz CT molecular complexity index is 792. The lowest BCUT2D eigenvalue weighted by atomic mass is 9.99. The highest BCUT2D eigenvalue weighted by atomic mass is 16.7. The second-order valence-electron chi connectivity index (χ2n) is 7.65. The predicted octanol–water partition coefficient (Wildman–Crippen LogP) is 2.31. The van der Waals surface area contributed by atoms with Crippen LogP contribution in [-0.2, 0) is 23.8 Å². The molecule has 32 heavy (non-hydrogen) atoms. The Hall–Kier alpha value is -2.62. The molecular weight excluding hydrogens is 420 g/mol. The summed E-state index contributed by atoms with van der Waals surface area (Å²) in [5, 5.41) is 30.3. The number of unbranched alkanes of at least 4 members (excludes halogenated alkanes) is 3. The highest BCUT2D eigenvalue weighted by Gasteiger charge is 2.47. The van der Waals surface area contributed by atoms with Crippen molar-refractivity contribution >= 4 is 18.0 Å². The van der Waals surface area contributed by atoms with Crippen LogP contribution in [0.25, 0.3) is 6.08 Å². The van der Waals surface area contributed by atoms with Crippen LogP contribution in [0.3, 0.4) is 0 Å². The monoisotopic (exact) mass is 452 g/mol. The Balaban J connectivity index is 2.04. The molecule has 3 N–H and O–H groups in total. The number of esters is 2. The van der Waals surface area contributed by atoms with Crippen LogP contribution < -0.4 is 4.74 Å². The molecule has 9 nitrogen and oxygen atoms in total. The maximum Gasteiger partial charge on any atom is 0.331 e. The molecule has 5 unspecified atom stereocenters. The summed E-state index contributed by atoms with van der Waals surface area (Å²) in [6.07, 6.45) is -0.0808. The van der Waals surface area contributed by atoms with Crippen LogP contribution in [0.1, 0.15) is 51.5 Å². The molecular formula is C23H32O9. The van der Waals surface area contributed by atoms with E-state index in [2.05, 4.69) is 6.92 Å². The molecule has 1 aromatic carbocycles. The van der Waals surface area contributed by atoms with Crippen molar-refractivity contribution in [1.29, 1.82) is 0 Å². The molecule has 9 heteroatoms. The Kier molecular flexibility index (Phi) is 9.96. The molecule has 5 atom stereocenters. The number of phenolic OH excluding ortho intramolecular Hbond substituents is 1. The van der Waals surface area contributed by atoms with Gasteiger partial charge >= 0.3 is 11.9 Å². The van der Waals surface area contributed by atoms with Crippen LogP contribution in [0.5, 0.6) is 11.5 Å². The molecule has 0 spiro atoms. The Labute approximate surface area is 187 Å². The fraction of sp³-hybridized carbons (Fsp3) is 0.565. The summed E-state index contributed by atoms with van der Waals surface area (Å²) in [4.78, 5) is 24.6. The second-order valence-corrected chi connectivity index (χ2v) is 7.65. The average molecular weight is 453 g/mol. The van der Waals surface area contributed by atoms with Gasteiger partial charge in [0, 0.05) is 12.5 Å². The van der Waals surface area contributed by atoms with Gasteiger partial charge in [-0.1, -0.05) is 32.3 Å². The van der Waals surface area contributed by atoms with E-state index in [4.69, 9.17) is 18.9 Å². The number of carbonyl (C=O) groups is 2. The van der Waals surface area contributed by atoms with E-state index >= 15 is 0 Å². The number of aliphatic hydroxyl groups excluding tert-OH is 2. The van der Waals surface area contributed by atoms with Gasteiger partial charge < -0.3 is 34.3 Å². The standard InChI is InChI=1S/C23H32O9/c1-4-5-6-7-8-18(25)31-21-20(27)14(2)30-23(28)22(21)32-19(26)12-10-15-9-11-16(24)17(13-15)29-3/h9-14,20-24,27-28H,4-8H2,1-3H3. The van der Waals surface area contributed by atoms with E-state index in [-0.39, 0.29) is 17.9 Å². The summed E-state index contributed by atoms with van der Waals surface area (Å²) < 4.78 is 20.9. The molecule has 1 aliphatic heterocycles. The van der Waals surface area contributed by atoms with Crippen molar-refractivity contribution in [3.63, 3.8) is 0 Å². The first-order valence-electron chi connectivity index (χ1n) is 10.7. The fourth-order valence-corrected chi connectivity index (χ4v) is 3.31. The van der Waals surface area contributed by atoms with Gasteiger partial charge in [-0.15, -0.1) is 0 Å². The third-order valence-electron chi connectivity index (χ3n) is 5.15. The number of hydrogen-bond acceptors (Lipinski definition) is 9. The van der Waals surface area contributed by atoms with E-state index in [0.717, 1.165) is 25.3 Å². The van der Waals surface area contributed by atoms with Gasteiger partial charge in [0.15, 0.2) is 30.0 Å². The van der Waals surface area contributed by atoms with Crippen molar-refractivity contribution in [3.05, 3.63) is 29.8 Å². The zero-order valence-corrected chi connectivity index (χ0v) is 18.6. The summed E-state index contributed by atoms with van der Waals surface area (Å²) in [6, 6.07) is 4.50. The Morgan fingerprint density at radius 1 is 1.12 bits per heavy atom. The molecule has 0 bridgehead atoms. The molecule has 0 amide bonds. The van der Waals surface area contributed by atoms with E-state index < -0.39 is 42.6 Å². The first-order chi connectivity index (χ1) is 15.3. The van der Waals surface area contributed by atoms with Gasteiger partial charge in [0.1, 0.15) is 6.10 Å². The smallest absolute Gasteiger partial charge is 0.331 e. The van der Waals surface area contributed by atoms with Crippen LogP contribution in [0.15, 0.2) is 24.3 Å². The molecule has 1 saturated heterocycles. The van der Waals surface area contributed by atoms with E-state index in [9.17, 15) is 24.9 Å². The lowest BCUT2D eigenvalue weighted by molar-refractivity contribution is -0.285. The number of aliphatic hydroxyl groups is 2. The number of carbonyl (C=O) groups excluding carboxylic acids is 2. The summed E-state index contributed by atoms with van der Waals surface area (Å²) in [6.45, 7) is 3.58. The number of benzene rings is 1. The minimum atomic E-state index is -1.57. The van der Waals surface area contributed by atoms with E-state index in [0.29, 0.717) is 12.0 Å².